The molecule has 0 spiro atoms. The van der Waals surface area contributed by atoms with Crippen molar-refractivity contribution >= 4 is 40.7 Å². The molecule has 36 heavy (non-hydrogen) atoms. The van der Waals surface area contributed by atoms with Crippen LogP contribution in [0.1, 0.15) is 56.0 Å². The fourth-order valence-corrected chi connectivity index (χ4v) is 4.82. The Morgan fingerprint density at radius 2 is 1.97 bits per heavy atom. The van der Waals surface area contributed by atoms with Crippen molar-refractivity contribution in [2.45, 2.75) is 51.7 Å². The van der Waals surface area contributed by atoms with E-state index in [-0.39, 0.29) is 24.3 Å². The van der Waals surface area contributed by atoms with Crippen LogP contribution in [0, 0.1) is 0 Å². The van der Waals surface area contributed by atoms with Crippen molar-refractivity contribution in [3.63, 3.8) is 0 Å². The lowest BCUT2D eigenvalue weighted by Crippen LogP contribution is -2.41. The van der Waals surface area contributed by atoms with E-state index in [0.29, 0.717) is 17.8 Å². The number of hydrazone groups is 1. The molecule has 1 saturated heterocycles. The molecule has 9 nitrogen and oxygen atoms in total. The number of anilines is 1. The van der Waals surface area contributed by atoms with Gasteiger partial charge in [-0.15, -0.1) is 0 Å². The molecular formula is C27H29N5O4. The number of nitrogens with one attached hydrogen (secondary N) is 3. The quantitative estimate of drug-likeness (QED) is 0.497. The number of aromatic amines is 1. The molecule has 3 heterocycles. The maximum atomic E-state index is 13.0. The minimum atomic E-state index is -0.597. The first-order valence-corrected chi connectivity index (χ1v) is 12.1. The molecule has 2 aliphatic heterocycles. The Bertz CT molecular complexity index is 1370. The van der Waals surface area contributed by atoms with Crippen molar-refractivity contribution in [2.75, 3.05) is 11.9 Å². The highest BCUT2D eigenvalue weighted by molar-refractivity contribution is 6.18. The number of carbonyl (C=O) groups is 3. The summed E-state index contributed by atoms with van der Waals surface area (Å²) in [6, 6.07) is 13.0. The van der Waals surface area contributed by atoms with Crippen LogP contribution in [0.2, 0.25) is 0 Å². The number of H-pyrrole nitrogens is 1. The van der Waals surface area contributed by atoms with Crippen LogP contribution >= 0.6 is 0 Å². The third kappa shape index (κ3) is 4.68. The standard InChI is InChI=1S/C27H29N5O4/c1-27(2,3)36-26(35)32-11-7-10-18(32)14-22(33)29-17-12-19-23-20(15-28-31-25(19)34)24(30-21(23)13-17)16-8-5-4-6-9-16/h4-6,8-9,12-13,15,18,30H,7,10-11,14H2,1-3H3,(H,29,33)(H,31,34)/t18-/m0/s1. The number of likely N-dealkylation sites (tertiary alicyclic amines) is 1. The smallest absolute Gasteiger partial charge is 0.410 e. The molecule has 3 aromatic rings. The van der Waals surface area contributed by atoms with Crippen LogP contribution in [0.25, 0.3) is 22.2 Å². The largest absolute Gasteiger partial charge is 0.444 e. The van der Waals surface area contributed by atoms with Gasteiger partial charge in [-0.05, 0) is 51.3 Å². The van der Waals surface area contributed by atoms with E-state index in [4.69, 9.17) is 4.74 Å². The first-order chi connectivity index (χ1) is 17.2. The predicted octanol–water partition coefficient (Wildman–Crippen LogP) is 4.64. The summed E-state index contributed by atoms with van der Waals surface area (Å²) < 4.78 is 5.51. The van der Waals surface area contributed by atoms with Crippen LogP contribution in [-0.2, 0) is 9.53 Å². The fraction of sp³-hybridized carbons (Fsp3) is 0.333. The molecule has 2 aromatic carbocycles. The highest BCUT2D eigenvalue weighted by Crippen LogP contribution is 2.34. The topological polar surface area (TPSA) is 116 Å². The number of benzene rings is 2. The summed E-state index contributed by atoms with van der Waals surface area (Å²) in [6.45, 7) is 6.04. The Hall–Kier alpha value is -4.14. The van der Waals surface area contributed by atoms with E-state index in [0.717, 1.165) is 40.6 Å². The van der Waals surface area contributed by atoms with E-state index in [2.05, 4.69) is 20.8 Å². The summed E-state index contributed by atoms with van der Waals surface area (Å²) in [6.07, 6.45) is 2.94. The molecule has 0 saturated carbocycles. The monoisotopic (exact) mass is 487 g/mol. The molecule has 0 bridgehead atoms. The van der Waals surface area contributed by atoms with Crippen molar-refractivity contribution in [3.05, 3.63) is 53.6 Å². The van der Waals surface area contributed by atoms with E-state index in [1.807, 2.05) is 57.2 Å². The highest BCUT2D eigenvalue weighted by atomic mass is 16.6. The van der Waals surface area contributed by atoms with Gasteiger partial charge in [-0.2, -0.15) is 5.10 Å². The molecule has 1 atom stereocenters. The Morgan fingerprint density at radius 1 is 1.19 bits per heavy atom. The third-order valence-electron chi connectivity index (χ3n) is 6.31. The molecule has 1 fully saturated rings. The molecule has 1 aromatic heterocycles. The molecule has 3 N–H and O–H groups in total. The predicted molar refractivity (Wildman–Crippen MR) is 138 cm³/mol. The van der Waals surface area contributed by atoms with Gasteiger partial charge in [0.25, 0.3) is 5.91 Å². The van der Waals surface area contributed by atoms with Gasteiger partial charge in [-0.3, -0.25) is 9.59 Å². The second-order valence-electron chi connectivity index (χ2n) is 10.1. The van der Waals surface area contributed by atoms with Crippen molar-refractivity contribution in [1.82, 2.24) is 15.3 Å². The zero-order valence-electron chi connectivity index (χ0n) is 20.6. The molecule has 2 aliphatic rings. The van der Waals surface area contributed by atoms with Gasteiger partial charge in [0.2, 0.25) is 5.91 Å². The maximum absolute atomic E-state index is 13.0. The van der Waals surface area contributed by atoms with Crippen LogP contribution in [0.5, 0.6) is 0 Å². The lowest BCUT2D eigenvalue weighted by atomic mass is 10.0. The molecule has 9 heteroatoms. The minimum Gasteiger partial charge on any atom is -0.444 e. The fourth-order valence-electron chi connectivity index (χ4n) is 4.82. The third-order valence-corrected chi connectivity index (χ3v) is 6.31. The lowest BCUT2D eigenvalue weighted by molar-refractivity contribution is -0.117. The summed E-state index contributed by atoms with van der Waals surface area (Å²) >= 11 is 0. The maximum Gasteiger partial charge on any atom is 0.410 e. The van der Waals surface area contributed by atoms with Gasteiger partial charge in [0.1, 0.15) is 5.60 Å². The Balaban J connectivity index is 1.40. The zero-order valence-corrected chi connectivity index (χ0v) is 20.6. The summed E-state index contributed by atoms with van der Waals surface area (Å²) in [5.74, 6) is -0.584. The average molecular weight is 488 g/mol. The van der Waals surface area contributed by atoms with Crippen LogP contribution in [-0.4, -0.2) is 52.2 Å². The Labute approximate surface area is 208 Å². The van der Waals surface area contributed by atoms with Gasteiger partial charge in [-0.1, -0.05) is 30.3 Å². The highest BCUT2D eigenvalue weighted by Gasteiger charge is 2.33. The van der Waals surface area contributed by atoms with Gasteiger partial charge in [0, 0.05) is 41.2 Å². The number of aromatic nitrogens is 1. The van der Waals surface area contributed by atoms with Crippen LogP contribution in [0.3, 0.4) is 0 Å². The number of amides is 3. The van der Waals surface area contributed by atoms with Crippen LogP contribution in [0.4, 0.5) is 10.5 Å². The zero-order chi connectivity index (χ0) is 25.4. The van der Waals surface area contributed by atoms with E-state index in [1.165, 1.54) is 0 Å². The number of carbonyl (C=O) groups excluding carboxylic acids is 3. The van der Waals surface area contributed by atoms with E-state index in [1.54, 1.807) is 17.2 Å². The van der Waals surface area contributed by atoms with Gasteiger partial charge >= 0.3 is 6.09 Å². The van der Waals surface area contributed by atoms with Crippen molar-refractivity contribution in [3.8, 4) is 11.3 Å². The molecule has 5 rings (SSSR count). The number of ether oxygens (including phenoxy) is 1. The number of rotatable bonds is 4. The Morgan fingerprint density at radius 3 is 2.72 bits per heavy atom. The first-order valence-electron chi connectivity index (χ1n) is 12.1. The Kier molecular flexibility index (Phi) is 5.99. The van der Waals surface area contributed by atoms with E-state index in [9.17, 15) is 14.4 Å². The molecule has 0 radical (unpaired) electrons. The van der Waals surface area contributed by atoms with Gasteiger partial charge in [0.15, 0.2) is 0 Å². The molecule has 0 aliphatic carbocycles. The summed E-state index contributed by atoms with van der Waals surface area (Å²) in [4.78, 5) is 43.4. The van der Waals surface area contributed by atoms with E-state index < -0.39 is 11.7 Å². The number of nitrogens with zero attached hydrogens (tertiary/aromatic N) is 2. The minimum absolute atomic E-state index is 0.146. The second-order valence-corrected chi connectivity index (χ2v) is 10.1. The molecule has 0 unspecified atom stereocenters. The van der Waals surface area contributed by atoms with Gasteiger partial charge in [0.05, 0.1) is 17.5 Å². The lowest BCUT2D eigenvalue weighted by Gasteiger charge is -2.28. The van der Waals surface area contributed by atoms with Crippen LogP contribution in [0.15, 0.2) is 47.6 Å². The summed E-state index contributed by atoms with van der Waals surface area (Å²) in [5, 5.41) is 7.74. The molecule has 186 valence electrons. The van der Waals surface area contributed by atoms with Crippen LogP contribution < -0.4 is 10.7 Å². The van der Waals surface area contributed by atoms with Crippen molar-refractivity contribution in [1.29, 1.82) is 0 Å². The molecule has 3 amide bonds. The normalized spacial score (nSPS) is 17.1. The summed E-state index contributed by atoms with van der Waals surface area (Å²) in [5.41, 5.74) is 6.19. The van der Waals surface area contributed by atoms with E-state index >= 15 is 0 Å². The molecular weight excluding hydrogens is 458 g/mol. The van der Waals surface area contributed by atoms with Gasteiger partial charge < -0.3 is 19.9 Å². The van der Waals surface area contributed by atoms with Crippen molar-refractivity contribution in [2.24, 2.45) is 5.10 Å². The first kappa shape index (κ1) is 23.6. The van der Waals surface area contributed by atoms with Crippen molar-refractivity contribution < 1.29 is 19.1 Å². The number of hydrogen-bond donors (Lipinski definition) is 3. The average Bonchev–Trinajstić information content (AvgIpc) is 3.38. The van der Waals surface area contributed by atoms with Gasteiger partial charge in [-0.25, -0.2) is 10.2 Å². The summed E-state index contributed by atoms with van der Waals surface area (Å²) in [7, 11) is 0. The second kappa shape index (κ2) is 9.14. The number of hydrogen-bond acceptors (Lipinski definition) is 5. The SMILES string of the molecule is CC(C)(C)OC(=O)N1CCC[C@H]1CC(=O)Nc1cc2c3c(c(-c4ccccc4)[nH]c3c1)C=NNC2=O.